The van der Waals surface area contributed by atoms with Gasteiger partial charge in [0.25, 0.3) is 0 Å². The lowest BCUT2D eigenvalue weighted by Crippen LogP contribution is -2.35. The Labute approximate surface area is 111 Å². The molecule has 17 heavy (non-hydrogen) atoms. The predicted molar refractivity (Wildman–Crippen MR) is 70.3 cm³/mol. The Morgan fingerprint density at radius 3 is 2.24 bits per heavy atom. The number of fused-ring (bicyclic) bond motifs is 1. The van der Waals surface area contributed by atoms with E-state index in [-0.39, 0.29) is 24.6 Å². The molecule has 4 nitrogen and oxygen atoms in total. The molecule has 2 fully saturated rings. The summed E-state index contributed by atoms with van der Waals surface area (Å²) in [5, 5.41) is 0. The van der Waals surface area contributed by atoms with Crippen LogP contribution in [0.1, 0.15) is 13.8 Å². The largest absolute Gasteiger partial charge is 0.353 e. The Balaban J connectivity index is 2.15. The zero-order chi connectivity index (χ0) is 12.6. The highest BCUT2D eigenvalue weighted by Gasteiger charge is 2.57. The standard InChI is InChI=1S/C11H20O4S2/c1-11(2)14-6-7(15-11)9(12-3)13-8(6)10(16-4)17-5/h6-10H,1-5H3/t6-,7+,8-,9+/m0/s1. The van der Waals surface area contributed by atoms with Crippen molar-refractivity contribution in [1.82, 2.24) is 0 Å². The lowest BCUT2D eigenvalue weighted by molar-refractivity contribution is -0.225. The molecule has 0 N–H and O–H groups in total. The fraction of sp³-hybridized carbons (Fsp3) is 1.00. The number of thioether (sulfide) groups is 2. The average molecular weight is 280 g/mol. The van der Waals surface area contributed by atoms with Crippen molar-refractivity contribution in [3.63, 3.8) is 0 Å². The van der Waals surface area contributed by atoms with Crippen LogP contribution in [0.4, 0.5) is 0 Å². The summed E-state index contributed by atoms with van der Waals surface area (Å²) in [5.41, 5.74) is 0. The highest BCUT2D eigenvalue weighted by molar-refractivity contribution is 8.16. The summed E-state index contributed by atoms with van der Waals surface area (Å²) >= 11 is 3.55. The number of hydrogen-bond acceptors (Lipinski definition) is 6. The van der Waals surface area contributed by atoms with E-state index in [2.05, 4.69) is 12.5 Å². The molecule has 2 rings (SSSR count). The molecule has 0 unspecified atom stereocenters. The normalized spacial score (nSPS) is 39.9. The van der Waals surface area contributed by atoms with E-state index in [4.69, 9.17) is 18.9 Å². The van der Waals surface area contributed by atoms with Crippen LogP contribution in [0.15, 0.2) is 0 Å². The number of rotatable bonds is 4. The molecule has 2 aliphatic heterocycles. The quantitative estimate of drug-likeness (QED) is 0.733. The zero-order valence-corrected chi connectivity index (χ0v) is 12.5. The van der Waals surface area contributed by atoms with Crippen molar-refractivity contribution in [2.45, 2.75) is 48.8 Å². The van der Waals surface area contributed by atoms with Crippen LogP contribution < -0.4 is 0 Å². The van der Waals surface area contributed by atoms with Gasteiger partial charge in [-0.05, 0) is 26.4 Å². The van der Waals surface area contributed by atoms with Crippen molar-refractivity contribution < 1.29 is 18.9 Å². The van der Waals surface area contributed by atoms with Crippen molar-refractivity contribution in [2.24, 2.45) is 0 Å². The van der Waals surface area contributed by atoms with E-state index in [9.17, 15) is 0 Å². The topological polar surface area (TPSA) is 36.9 Å². The summed E-state index contributed by atoms with van der Waals surface area (Å²) in [5.74, 6) is -0.546. The average Bonchev–Trinajstić information content (AvgIpc) is 2.75. The third kappa shape index (κ3) is 2.62. The van der Waals surface area contributed by atoms with Gasteiger partial charge in [-0.3, -0.25) is 0 Å². The number of hydrogen-bond donors (Lipinski definition) is 0. The molecule has 0 aromatic rings. The van der Waals surface area contributed by atoms with Gasteiger partial charge in [-0.15, -0.1) is 23.5 Å². The molecule has 100 valence electrons. The van der Waals surface area contributed by atoms with Crippen molar-refractivity contribution in [3.8, 4) is 0 Å². The molecule has 0 amide bonds. The molecular formula is C11H20O4S2. The highest BCUT2D eigenvalue weighted by atomic mass is 32.2. The minimum Gasteiger partial charge on any atom is -0.353 e. The third-order valence-electron chi connectivity index (χ3n) is 3.01. The van der Waals surface area contributed by atoms with Gasteiger partial charge in [0.2, 0.25) is 0 Å². The van der Waals surface area contributed by atoms with Crippen LogP contribution in [-0.4, -0.2) is 54.6 Å². The van der Waals surface area contributed by atoms with Crippen molar-refractivity contribution in [2.75, 3.05) is 19.6 Å². The van der Waals surface area contributed by atoms with Gasteiger partial charge in [-0.2, -0.15) is 0 Å². The summed E-state index contributed by atoms with van der Waals surface area (Å²) in [4.78, 5) is 0. The van der Waals surface area contributed by atoms with Crippen molar-refractivity contribution in [1.29, 1.82) is 0 Å². The molecule has 4 atom stereocenters. The maximum absolute atomic E-state index is 5.95. The monoisotopic (exact) mass is 280 g/mol. The smallest absolute Gasteiger partial charge is 0.186 e. The first-order chi connectivity index (χ1) is 8.02. The fourth-order valence-electron chi connectivity index (χ4n) is 2.36. The van der Waals surface area contributed by atoms with Gasteiger partial charge < -0.3 is 18.9 Å². The van der Waals surface area contributed by atoms with E-state index in [1.165, 1.54) is 0 Å². The first-order valence-electron chi connectivity index (χ1n) is 5.62. The Bertz CT molecular complexity index is 270. The van der Waals surface area contributed by atoms with Gasteiger partial charge in [-0.1, -0.05) is 0 Å². The lowest BCUT2D eigenvalue weighted by Gasteiger charge is -2.26. The van der Waals surface area contributed by atoms with Gasteiger partial charge in [0.15, 0.2) is 12.1 Å². The number of ether oxygens (including phenoxy) is 4. The molecule has 2 heterocycles. The first kappa shape index (κ1) is 14.0. The molecule has 0 aromatic heterocycles. The van der Waals surface area contributed by atoms with E-state index in [0.29, 0.717) is 4.58 Å². The molecule has 2 aliphatic rings. The van der Waals surface area contributed by atoms with E-state index >= 15 is 0 Å². The van der Waals surface area contributed by atoms with Crippen LogP contribution in [0.25, 0.3) is 0 Å². The molecule has 0 aromatic carbocycles. The third-order valence-corrected chi connectivity index (χ3v) is 5.63. The summed E-state index contributed by atoms with van der Waals surface area (Å²) in [7, 11) is 1.64. The molecule has 2 saturated heterocycles. The summed E-state index contributed by atoms with van der Waals surface area (Å²) in [6.07, 6.45) is 3.69. The Kier molecular flexibility index (Phi) is 4.32. The Hall–Kier alpha value is 0.540. The molecule has 0 spiro atoms. The zero-order valence-electron chi connectivity index (χ0n) is 10.8. The van der Waals surface area contributed by atoms with Gasteiger partial charge >= 0.3 is 0 Å². The van der Waals surface area contributed by atoms with Gasteiger partial charge in [0, 0.05) is 7.11 Å². The molecule has 0 aliphatic carbocycles. The predicted octanol–water partition coefficient (Wildman–Crippen LogP) is 1.93. The second kappa shape index (κ2) is 5.27. The van der Waals surface area contributed by atoms with Gasteiger partial charge in [0.1, 0.15) is 18.3 Å². The van der Waals surface area contributed by atoms with Crippen molar-refractivity contribution in [3.05, 3.63) is 0 Å². The van der Waals surface area contributed by atoms with E-state index in [0.717, 1.165) is 0 Å². The second-order valence-electron chi connectivity index (χ2n) is 4.61. The molecule has 0 bridgehead atoms. The molecule has 6 heteroatoms. The molecular weight excluding hydrogens is 260 g/mol. The van der Waals surface area contributed by atoms with Crippen LogP contribution in [0.2, 0.25) is 0 Å². The van der Waals surface area contributed by atoms with Crippen LogP contribution in [0.3, 0.4) is 0 Å². The van der Waals surface area contributed by atoms with Crippen LogP contribution in [-0.2, 0) is 18.9 Å². The van der Waals surface area contributed by atoms with E-state index < -0.39 is 5.79 Å². The van der Waals surface area contributed by atoms with Crippen LogP contribution in [0.5, 0.6) is 0 Å². The summed E-state index contributed by atoms with van der Waals surface area (Å²) in [6, 6.07) is 0. The van der Waals surface area contributed by atoms with Gasteiger partial charge in [0.05, 0.1) is 4.58 Å². The minimum absolute atomic E-state index is 0.0109. The lowest BCUT2D eigenvalue weighted by atomic mass is 10.1. The second-order valence-corrected chi connectivity index (χ2v) is 6.87. The first-order valence-corrected chi connectivity index (χ1v) is 8.19. The van der Waals surface area contributed by atoms with E-state index in [1.54, 1.807) is 30.6 Å². The van der Waals surface area contributed by atoms with Crippen molar-refractivity contribution >= 4 is 23.5 Å². The van der Waals surface area contributed by atoms with Gasteiger partial charge in [-0.25, -0.2) is 0 Å². The maximum Gasteiger partial charge on any atom is 0.186 e. The maximum atomic E-state index is 5.95. The van der Waals surface area contributed by atoms with Crippen LogP contribution >= 0.6 is 23.5 Å². The summed E-state index contributed by atoms with van der Waals surface area (Å²) < 4.78 is 23.4. The fourth-order valence-corrected chi connectivity index (χ4v) is 4.11. The SMILES string of the molecule is CO[C@@H]1O[C@H](C(SC)SC)[C@H]2OC(C)(C)O[C@@H]12. The van der Waals surface area contributed by atoms with E-state index in [1.807, 2.05) is 13.8 Å². The summed E-state index contributed by atoms with van der Waals surface area (Å²) in [6.45, 7) is 3.87. The minimum atomic E-state index is -0.546. The van der Waals surface area contributed by atoms with Crippen LogP contribution in [0, 0.1) is 0 Å². The highest BCUT2D eigenvalue weighted by Crippen LogP contribution is 2.43. The number of methoxy groups -OCH3 is 1. The molecule has 0 saturated carbocycles. The Morgan fingerprint density at radius 1 is 1.12 bits per heavy atom. The molecule has 0 radical (unpaired) electrons. The Morgan fingerprint density at radius 2 is 1.71 bits per heavy atom.